The zero-order chi connectivity index (χ0) is 21.1. The molecule has 0 spiro atoms. The van der Waals surface area contributed by atoms with Crippen molar-refractivity contribution in [2.24, 2.45) is 5.92 Å². The van der Waals surface area contributed by atoms with E-state index < -0.39 is 0 Å². The smallest absolute Gasteiger partial charge is 0.173 e. The summed E-state index contributed by atoms with van der Waals surface area (Å²) < 4.78 is 0. The van der Waals surface area contributed by atoms with Gasteiger partial charge in [0.1, 0.15) is 11.1 Å². The third-order valence-electron chi connectivity index (χ3n) is 5.71. The Balaban J connectivity index is 1.66. The lowest BCUT2D eigenvalue weighted by Gasteiger charge is -2.22. The number of pyridine rings is 1. The molecule has 0 radical (unpaired) electrons. The minimum Gasteiger partial charge on any atom is -0.293 e. The second-order valence-corrected chi connectivity index (χ2v) is 9.32. The number of rotatable bonds is 6. The number of thioether (sulfide) groups is 1. The molecule has 4 rings (SSSR count). The molecule has 0 atom stereocenters. The molecule has 0 saturated heterocycles. The Morgan fingerprint density at radius 3 is 2.70 bits per heavy atom. The molecule has 152 valence electrons. The summed E-state index contributed by atoms with van der Waals surface area (Å²) in [7, 11) is 0. The summed E-state index contributed by atoms with van der Waals surface area (Å²) in [5, 5.41) is 12.7. The SMILES string of the molecule is CC(C)Cc1c(C#N)c(SCC(=O)c2cccc3ccccc23)nc2c1CCCC2. The van der Waals surface area contributed by atoms with Gasteiger partial charge in [-0.1, -0.05) is 68.1 Å². The van der Waals surface area contributed by atoms with Gasteiger partial charge in [0.15, 0.2) is 5.78 Å². The molecule has 0 amide bonds. The number of aromatic nitrogens is 1. The van der Waals surface area contributed by atoms with Crippen molar-refractivity contribution in [1.82, 2.24) is 4.98 Å². The number of carbonyl (C=O) groups excluding carboxylic acids is 1. The summed E-state index contributed by atoms with van der Waals surface area (Å²) in [6.45, 7) is 4.38. The summed E-state index contributed by atoms with van der Waals surface area (Å²) in [4.78, 5) is 17.9. The summed E-state index contributed by atoms with van der Waals surface area (Å²) in [5.74, 6) is 0.835. The number of aryl methyl sites for hydroxylation is 1. The Labute approximate surface area is 182 Å². The number of hydrogen-bond acceptors (Lipinski definition) is 4. The van der Waals surface area contributed by atoms with E-state index in [1.54, 1.807) is 0 Å². The molecule has 3 aromatic rings. The molecule has 0 saturated carbocycles. The molecule has 2 aromatic carbocycles. The molecule has 0 N–H and O–H groups in total. The van der Waals surface area contributed by atoms with E-state index in [1.165, 1.54) is 17.3 Å². The quantitative estimate of drug-likeness (QED) is 0.358. The Morgan fingerprint density at radius 2 is 1.90 bits per heavy atom. The number of nitrogens with zero attached hydrogens (tertiary/aromatic N) is 2. The number of Topliss-reactive ketones (excluding diaryl/α,β-unsaturated/α-hetero) is 1. The van der Waals surface area contributed by atoms with Crippen LogP contribution in [-0.4, -0.2) is 16.5 Å². The maximum Gasteiger partial charge on any atom is 0.173 e. The van der Waals surface area contributed by atoms with E-state index in [4.69, 9.17) is 4.98 Å². The first-order valence-electron chi connectivity index (χ1n) is 10.7. The van der Waals surface area contributed by atoms with Gasteiger partial charge in [0.05, 0.1) is 11.3 Å². The van der Waals surface area contributed by atoms with Crippen molar-refractivity contribution in [3.63, 3.8) is 0 Å². The monoisotopic (exact) mass is 414 g/mol. The zero-order valence-corrected chi connectivity index (χ0v) is 18.4. The fourth-order valence-corrected chi connectivity index (χ4v) is 5.24. The second-order valence-electron chi connectivity index (χ2n) is 8.35. The van der Waals surface area contributed by atoms with Crippen molar-refractivity contribution in [1.29, 1.82) is 5.26 Å². The highest BCUT2D eigenvalue weighted by molar-refractivity contribution is 8.00. The van der Waals surface area contributed by atoms with Crippen LogP contribution < -0.4 is 0 Å². The molecule has 1 aromatic heterocycles. The van der Waals surface area contributed by atoms with Crippen LogP contribution in [0.4, 0.5) is 0 Å². The summed E-state index contributed by atoms with van der Waals surface area (Å²) in [6.07, 6.45) is 5.18. The summed E-state index contributed by atoms with van der Waals surface area (Å²) in [5.41, 5.74) is 5.00. The third-order valence-corrected chi connectivity index (χ3v) is 6.68. The Hall–Kier alpha value is -2.64. The molecule has 1 aliphatic rings. The Kier molecular flexibility index (Phi) is 6.20. The molecule has 1 aliphatic carbocycles. The average Bonchev–Trinajstić information content (AvgIpc) is 2.76. The Morgan fingerprint density at radius 1 is 1.13 bits per heavy atom. The van der Waals surface area contributed by atoms with Crippen LogP contribution in [0.1, 0.15) is 59.4 Å². The number of benzene rings is 2. The number of fused-ring (bicyclic) bond motifs is 2. The van der Waals surface area contributed by atoms with E-state index in [0.29, 0.717) is 11.5 Å². The van der Waals surface area contributed by atoms with Crippen LogP contribution in [0.25, 0.3) is 10.8 Å². The number of carbonyl (C=O) groups is 1. The third kappa shape index (κ3) is 4.13. The molecule has 1 heterocycles. The van der Waals surface area contributed by atoms with Crippen molar-refractivity contribution >= 4 is 28.3 Å². The molecule has 0 fully saturated rings. The van der Waals surface area contributed by atoms with Gasteiger partial charge in [0.25, 0.3) is 0 Å². The molecule has 0 unspecified atom stereocenters. The predicted molar refractivity (Wildman–Crippen MR) is 123 cm³/mol. The van der Waals surface area contributed by atoms with Crippen molar-refractivity contribution in [2.45, 2.75) is 51.0 Å². The van der Waals surface area contributed by atoms with E-state index >= 15 is 0 Å². The van der Waals surface area contributed by atoms with E-state index in [9.17, 15) is 10.1 Å². The van der Waals surface area contributed by atoms with Crippen LogP contribution in [0, 0.1) is 17.2 Å². The standard InChI is InChI=1S/C26H26N2OS/c1-17(2)14-22-20-11-5-6-13-24(20)28-26(23(22)15-27)30-16-25(29)21-12-7-9-18-8-3-4-10-19(18)21/h3-4,7-10,12,17H,5-6,11,13-14,16H2,1-2H3. The van der Waals surface area contributed by atoms with Gasteiger partial charge in [-0.25, -0.2) is 4.98 Å². The molecule has 3 nitrogen and oxygen atoms in total. The molecule has 0 bridgehead atoms. The maximum absolute atomic E-state index is 13.1. The van der Waals surface area contributed by atoms with Crippen LogP contribution in [0.5, 0.6) is 0 Å². The van der Waals surface area contributed by atoms with Crippen molar-refractivity contribution in [3.05, 3.63) is 70.4 Å². The van der Waals surface area contributed by atoms with Crippen molar-refractivity contribution in [3.8, 4) is 6.07 Å². The molecular formula is C26H26N2OS. The van der Waals surface area contributed by atoms with Crippen molar-refractivity contribution in [2.75, 3.05) is 5.75 Å². The maximum atomic E-state index is 13.1. The van der Waals surface area contributed by atoms with E-state index in [1.807, 2.05) is 42.5 Å². The van der Waals surface area contributed by atoms with Crippen LogP contribution in [0.3, 0.4) is 0 Å². The van der Waals surface area contributed by atoms with Crippen LogP contribution >= 0.6 is 11.8 Å². The molecular weight excluding hydrogens is 388 g/mol. The first-order valence-corrected chi connectivity index (χ1v) is 11.7. The lowest BCUT2D eigenvalue weighted by molar-refractivity contribution is 0.102. The lowest BCUT2D eigenvalue weighted by atomic mass is 9.87. The number of hydrogen-bond donors (Lipinski definition) is 0. The highest BCUT2D eigenvalue weighted by Gasteiger charge is 2.23. The molecule has 0 aliphatic heterocycles. The highest BCUT2D eigenvalue weighted by atomic mass is 32.2. The predicted octanol–water partition coefficient (Wildman–Crippen LogP) is 6.16. The van der Waals surface area contributed by atoms with Gasteiger partial charge < -0.3 is 0 Å². The van der Waals surface area contributed by atoms with Gasteiger partial charge in [-0.3, -0.25) is 4.79 Å². The van der Waals surface area contributed by atoms with Gasteiger partial charge in [0.2, 0.25) is 0 Å². The highest BCUT2D eigenvalue weighted by Crippen LogP contribution is 2.33. The lowest BCUT2D eigenvalue weighted by Crippen LogP contribution is -2.14. The van der Waals surface area contributed by atoms with Crippen molar-refractivity contribution < 1.29 is 4.79 Å². The number of nitriles is 1. The van der Waals surface area contributed by atoms with Gasteiger partial charge in [-0.05, 0) is 59.9 Å². The average molecular weight is 415 g/mol. The van der Waals surface area contributed by atoms with Gasteiger partial charge in [-0.15, -0.1) is 0 Å². The minimum atomic E-state index is 0.0746. The normalized spacial score (nSPS) is 13.3. The van der Waals surface area contributed by atoms with Gasteiger partial charge >= 0.3 is 0 Å². The molecule has 4 heteroatoms. The Bertz CT molecular complexity index is 1140. The van der Waals surface area contributed by atoms with Crippen LogP contribution in [0.15, 0.2) is 47.5 Å². The van der Waals surface area contributed by atoms with E-state index in [-0.39, 0.29) is 11.5 Å². The number of ketones is 1. The summed E-state index contributed by atoms with van der Waals surface area (Å²) >= 11 is 1.41. The summed E-state index contributed by atoms with van der Waals surface area (Å²) in [6, 6.07) is 16.2. The fraction of sp³-hybridized carbons (Fsp3) is 0.346. The first kappa shape index (κ1) is 20.6. The largest absolute Gasteiger partial charge is 0.293 e. The van der Waals surface area contributed by atoms with Crippen LogP contribution in [-0.2, 0) is 19.3 Å². The fourth-order valence-electron chi connectivity index (χ4n) is 4.33. The minimum absolute atomic E-state index is 0.0746. The van der Waals surface area contributed by atoms with Crippen LogP contribution in [0.2, 0.25) is 0 Å². The van der Waals surface area contributed by atoms with Gasteiger partial charge in [0, 0.05) is 11.3 Å². The topological polar surface area (TPSA) is 53.8 Å². The second kappa shape index (κ2) is 9.02. The van der Waals surface area contributed by atoms with E-state index in [0.717, 1.165) is 64.7 Å². The van der Waals surface area contributed by atoms with Gasteiger partial charge in [-0.2, -0.15) is 5.26 Å². The first-order chi connectivity index (χ1) is 14.6. The van der Waals surface area contributed by atoms with E-state index in [2.05, 4.69) is 19.9 Å². The molecule has 30 heavy (non-hydrogen) atoms. The zero-order valence-electron chi connectivity index (χ0n) is 17.6.